The lowest BCUT2D eigenvalue weighted by molar-refractivity contribution is -0.643. The minimum Gasteiger partial charge on any atom is -0.306 e. The number of aryl methyl sites for hydroxylation is 2. The molecule has 3 nitrogen and oxygen atoms in total. The fraction of sp³-hybridized carbons (Fsp3) is 0.0769. The van der Waals surface area contributed by atoms with Crippen molar-refractivity contribution in [3.05, 3.63) is 78.6 Å². The number of hydrogen-bond acceptors (Lipinski definition) is 1. The molecule has 0 saturated carbocycles. The van der Waals surface area contributed by atoms with E-state index in [9.17, 15) is 0 Å². The van der Waals surface area contributed by atoms with Crippen LogP contribution in [-0.2, 0) is 7.05 Å². The first-order chi connectivity index (χ1) is 14.2. The van der Waals surface area contributed by atoms with Crippen molar-refractivity contribution in [1.82, 2.24) is 9.38 Å². The molecule has 136 valence electrons. The molecule has 0 N–H and O–H groups in total. The fourth-order valence-electron chi connectivity index (χ4n) is 5.30. The molecule has 0 aliphatic heterocycles. The van der Waals surface area contributed by atoms with E-state index in [0.29, 0.717) is 0 Å². The molecule has 0 fully saturated rings. The van der Waals surface area contributed by atoms with Crippen molar-refractivity contribution in [2.75, 3.05) is 0 Å². The molecular weight excluding hydrogens is 354 g/mol. The third kappa shape index (κ3) is 1.70. The third-order valence-electron chi connectivity index (χ3n) is 6.55. The van der Waals surface area contributed by atoms with E-state index in [1.807, 2.05) is 12.3 Å². The molecular formula is C26H18N3+. The zero-order valence-corrected chi connectivity index (χ0v) is 16.3. The Morgan fingerprint density at radius 1 is 0.828 bits per heavy atom. The summed E-state index contributed by atoms with van der Waals surface area (Å²) in [5, 5.41) is 7.71. The Hall–Kier alpha value is -3.72. The minimum absolute atomic E-state index is 1.07. The van der Waals surface area contributed by atoms with Gasteiger partial charge >= 0.3 is 0 Å². The lowest BCUT2D eigenvalue weighted by Crippen LogP contribution is -2.28. The van der Waals surface area contributed by atoms with Crippen LogP contribution in [0.3, 0.4) is 0 Å². The SMILES string of the molecule is Cc1c2ccccc2cc2c1c1c3c(ccc4c5ncccc5n2c43)cc[n+]1C. The highest BCUT2D eigenvalue weighted by Crippen LogP contribution is 2.41. The van der Waals surface area contributed by atoms with E-state index in [0.717, 1.165) is 5.52 Å². The van der Waals surface area contributed by atoms with Gasteiger partial charge in [0.2, 0.25) is 5.52 Å². The summed E-state index contributed by atoms with van der Waals surface area (Å²) in [4.78, 5) is 4.76. The fourth-order valence-corrected chi connectivity index (χ4v) is 5.30. The largest absolute Gasteiger partial charge is 0.306 e. The van der Waals surface area contributed by atoms with Gasteiger partial charge in [0.1, 0.15) is 7.05 Å². The van der Waals surface area contributed by atoms with Crippen LogP contribution >= 0.6 is 0 Å². The summed E-state index contributed by atoms with van der Waals surface area (Å²) in [6.07, 6.45) is 4.07. The molecule has 4 aromatic heterocycles. The molecule has 4 heterocycles. The molecule has 0 atom stereocenters. The highest BCUT2D eigenvalue weighted by atomic mass is 15.0. The van der Waals surface area contributed by atoms with Crippen molar-refractivity contribution < 1.29 is 4.57 Å². The van der Waals surface area contributed by atoms with Crippen LogP contribution in [0.2, 0.25) is 0 Å². The molecule has 7 aromatic rings. The van der Waals surface area contributed by atoms with Gasteiger partial charge in [-0.05, 0) is 52.9 Å². The summed E-state index contributed by atoms with van der Waals surface area (Å²) in [6, 6.07) is 22.0. The van der Waals surface area contributed by atoms with Gasteiger partial charge < -0.3 is 4.40 Å². The molecule has 0 unspecified atom stereocenters. The van der Waals surface area contributed by atoms with E-state index in [1.165, 1.54) is 59.9 Å². The van der Waals surface area contributed by atoms with Gasteiger partial charge in [-0.1, -0.05) is 30.3 Å². The van der Waals surface area contributed by atoms with E-state index in [-0.39, 0.29) is 0 Å². The van der Waals surface area contributed by atoms with Crippen molar-refractivity contribution in [3.8, 4) is 0 Å². The molecule has 0 aliphatic rings. The Kier molecular flexibility index (Phi) is 2.63. The first kappa shape index (κ1) is 15.2. The first-order valence-electron chi connectivity index (χ1n) is 9.97. The number of fused-ring (bicyclic) bond motifs is 7. The molecule has 0 aliphatic carbocycles. The van der Waals surface area contributed by atoms with E-state index >= 15 is 0 Å². The van der Waals surface area contributed by atoms with Crippen LogP contribution in [0, 0.1) is 6.92 Å². The number of hydrogen-bond donors (Lipinski definition) is 0. The third-order valence-corrected chi connectivity index (χ3v) is 6.55. The van der Waals surface area contributed by atoms with E-state index < -0.39 is 0 Å². The highest BCUT2D eigenvalue weighted by molar-refractivity contribution is 6.27. The number of nitrogens with zero attached hydrogens (tertiary/aromatic N) is 3. The van der Waals surface area contributed by atoms with Crippen LogP contribution in [0.15, 0.2) is 73.1 Å². The minimum atomic E-state index is 1.07. The Balaban J connectivity index is 1.99. The molecule has 0 spiro atoms. The van der Waals surface area contributed by atoms with E-state index in [2.05, 4.69) is 83.7 Å². The molecule has 0 amide bonds. The standard InChI is InChI=1S/C26H18N3/c1-15-18-7-4-3-6-17(18)14-21-22(15)26-23-16(11-13-28(26)2)9-10-19-24-20(8-5-12-27-24)29(21)25(19)23/h3-14H,1-2H3/q+1. The summed E-state index contributed by atoms with van der Waals surface area (Å²) in [6.45, 7) is 2.26. The molecule has 7 rings (SSSR count). The summed E-state index contributed by atoms with van der Waals surface area (Å²) >= 11 is 0. The number of aromatic nitrogens is 3. The normalized spacial score (nSPS) is 12.5. The molecule has 3 aromatic carbocycles. The van der Waals surface area contributed by atoms with Crippen LogP contribution < -0.4 is 4.57 Å². The number of benzene rings is 3. The van der Waals surface area contributed by atoms with E-state index in [4.69, 9.17) is 4.98 Å². The van der Waals surface area contributed by atoms with Gasteiger partial charge in [0, 0.05) is 17.6 Å². The average Bonchev–Trinajstić information content (AvgIpc) is 3.10. The summed E-state index contributed by atoms with van der Waals surface area (Å²) < 4.78 is 4.71. The second-order valence-electron chi connectivity index (χ2n) is 8.02. The maximum Gasteiger partial charge on any atom is 0.224 e. The quantitative estimate of drug-likeness (QED) is 0.191. The maximum absolute atomic E-state index is 4.76. The van der Waals surface area contributed by atoms with E-state index in [1.54, 1.807) is 0 Å². The van der Waals surface area contributed by atoms with Gasteiger partial charge in [-0.25, -0.2) is 4.57 Å². The van der Waals surface area contributed by atoms with Gasteiger partial charge in [-0.15, -0.1) is 0 Å². The first-order valence-corrected chi connectivity index (χ1v) is 9.97. The zero-order chi connectivity index (χ0) is 19.3. The Morgan fingerprint density at radius 3 is 2.66 bits per heavy atom. The van der Waals surface area contributed by atoms with Crippen LogP contribution in [-0.4, -0.2) is 9.38 Å². The monoisotopic (exact) mass is 372 g/mol. The molecule has 29 heavy (non-hydrogen) atoms. The Labute approximate surface area is 166 Å². The van der Waals surface area contributed by atoms with Gasteiger partial charge in [0.15, 0.2) is 6.20 Å². The summed E-state index contributed by atoms with van der Waals surface area (Å²) in [5.41, 5.74) is 7.38. The van der Waals surface area contributed by atoms with Crippen molar-refractivity contribution in [1.29, 1.82) is 0 Å². The van der Waals surface area contributed by atoms with Gasteiger partial charge in [-0.2, -0.15) is 0 Å². The second-order valence-corrected chi connectivity index (χ2v) is 8.02. The molecule has 3 heteroatoms. The molecule has 0 bridgehead atoms. The van der Waals surface area contributed by atoms with Crippen molar-refractivity contribution >= 4 is 59.9 Å². The topological polar surface area (TPSA) is 21.2 Å². The summed E-state index contributed by atoms with van der Waals surface area (Å²) in [5.74, 6) is 0. The molecule has 0 saturated heterocycles. The lowest BCUT2D eigenvalue weighted by Gasteiger charge is -2.14. The zero-order valence-electron chi connectivity index (χ0n) is 16.3. The molecule has 0 radical (unpaired) electrons. The van der Waals surface area contributed by atoms with Gasteiger partial charge in [0.05, 0.1) is 32.8 Å². The van der Waals surface area contributed by atoms with Gasteiger partial charge in [0.25, 0.3) is 0 Å². The number of rotatable bonds is 0. The predicted molar refractivity (Wildman–Crippen MR) is 120 cm³/mol. The van der Waals surface area contributed by atoms with Crippen LogP contribution in [0.4, 0.5) is 0 Å². The van der Waals surface area contributed by atoms with Crippen molar-refractivity contribution in [3.63, 3.8) is 0 Å². The maximum atomic E-state index is 4.76. The lowest BCUT2D eigenvalue weighted by atomic mass is 9.96. The number of pyridine rings is 3. The smallest absolute Gasteiger partial charge is 0.224 e. The van der Waals surface area contributed by atoms with Crippen LogP contribution in [0.5, 0.6) is 0 Å². The second kappa shape index (κ2) is 5.00. The van der Waals surface area contributed by atoms with Crippen molar-refractivity contribution in [2.24, 2.45) is 7.05 Å². The van der Waals surface area contributed by atoms with Crippen molar-refractivity contribution in [2.45, 2.75) is 6.92 Å². The summed E-state index contributed by atoms with van der Waals surface area (Å²) in [7, 11) is 2.16. The van der Waals surface area contributed by atoms with Crippen LogP contribution in [0.1, 0.15) is 5.56 Å². The Bertz CT molecular complexity index is 1770. The highest BCUT2D eigenvalue weighted by Gasteiger charge is 2.24. The average molecular weight is 372 g/mol. The van der Waals surface area contributed by atoms with Gasteiger partial charge in [-0.3, -0.25) is 4.98 Å². The van der Waals surface area contributed by atoms with Crippen LogP contribution in [0.25, 0.3) is 59.9 Å². The predicted octanol–water partition coefficient (Wildman–Crippen LogP) is 5.67. The Morgan fingerprint density at radius 2 is 1.72 bits per heavy atom.